The Morgan fingerprint density at radius 1 is 1.00 bits per heavy atom. The first kappa shape index (κ1) is 19.1. The normalized spacial score (nSPS) is 17.2. The lowest BCUT2D eigenvalue weighted by molar-refractivity contribution is -0.128. The molecule has 1 aliphatic heterocycles. The van der Waals surface area contributed by atoms with Gasteiger partial charge in [0.25, 0.3) is 10.0 Å². The number of anilines is 1. The average molecular weight is 386 g/mol. The summed E-state index contributed by atoms with van der Waals surface area (Å²) in [6.45, 7) is 5.67. The Labute approximate surface area is 159 Å². The summed E-state index contributed by atoms with van der Waals surface area (Å²) in [6.07, 6.45) is 0.191. The predicted molar refractivity (Wildman–Crippen MR) is 103 cm³/mol. The van der Waals surface area contributed by atoms with Crippen molar-refractivity contribution in [3.8, 4) is 0 Å². The van der Waals surface area contributed by atoms with Gasteiger partial charge in [0.15, 0.2) is 0 Å². The predicted octanol–water partition coefficient (Wildman–Crippen LogP) is 2.93. The Morgan fingerprint density at radius 2 is 1.59 bits per heavy atom. The number of hydrogen-bond acceptors (Lipinski definition) is 4. The zero-order chi connectivity index (χ0) is 19.8. The minimum absolute atomic E-state index is 0.00699. The van der Waals surface area contributed by atoms with Crippen molar-refractivity contribution >= 4 is 27.5 Å². The van der Waals surface area contributed by atoms with Crippen LogP contribution in [0.3, 0.4) is 0 Å². The summed E-state index contributed by atoms with van der Waals surface area (Å²) in [5, 5.41) is 2.75. The first-order valence-electron chi connectivity index (χ1n) is 8.71. The van der Waals surface area contributed by atoms with Crippen LogP contribution in [-0.2, 0) is 19.6 Å². The number of amides is 2. The third kappa shape index (κ3) is 3.88. The Hall–Kier alpha value is -2.67. The molecule has 1 N–H and O–H groups in total. The van der Waals surface area contributed by atoms with Crippen LogP contribution in [0.5, 0.6) is 0 Å². The summed E-state index contributed by atoms with van der Waals surface area (Å²) < 4.78 is 26.6. The summed E-state index contributed by atoms with van der Waals surface area (Å²) in [5.74, 6) is -1.06. The molecule has 1 aliphatic rings. The van der Waals surface area contributed by atoms with Crippen LogP contribution in [-0.4, -0.2) is 30.6 Å². The van der Waals surface area contributed by atoms with Gasteiger partial charge in [0.1, 0.15) is 6.04 Å². The largest absolute Gasteiger partial charge is 0.324 e. The highest BCUT2D eigenvalue weighted by Gasteiger charge is 2.44. The Balaban J connectivity index is 1.89. The monoisotopic (exact) mass is 386 g/mol. The van der Waals surface area contributed by atoms with E-state index in [1.54, 1.807) is 24.3 Å². The number of nitrogens with one attached hydrogen (secondary N) is 1. The van der Waals surface area contributed by atoms with Crippen LogP contribution >= 0.6 is 0 Å². The van der Waals surface area contributed by atoms with E-state index >= 15 is 0 Å². The van der Waals surface area contributed by atoms with Crippen molar-refractivity contribution in [2.75, 3.05) is 5.32 Å². The van der Waals surface area contributed by atoms with E-state index in [4.69, 9.17) is 0 Å². The molecule has 0 aliphatic carbocycles. The molecule has 1 unspecified atom stereocenters. The molecular weight excluding hydrogens is 364 g/mol. The van der Waals surface area contributed by atoms with Crippen LogP contribution in [0.25, 0.3) is 0 Å². The lowest BCUT2D eigenvalue weighted by Crippen LogP contribution is -2.45. The zero-order valence-electron chi connectivity index (χ0n) is 15.5. The molecule has 0 radical (unpaired) electrons. The minimum Gasteiger partial charge on any atom is -0.324 e. The second-order valence-electron chi connectivity index (χ2n) is 6.93. The van der Waals surface area contributed by atoms with Gasteiger partial charge in [-0.2, -0.15) is 0 Å². The Bertz CT molecular complexity index is 977. The molecule has 2 amide bonds. The Morgan fingerprint density at radius 3 is 2.19 bits per heavy atom. The van der Waals surface area contributed by atoms with Crippen LogP contribution in [0.4, 0.5) is 5.69 Å². The van der Waals surface area contributed by atoms with Crippen LogP contribution in [0.1, 0.15) is 29.5 Å². The van der Waals surface area contributed by atoms with Crippen molar-refractivity contribution in [1.29, 1.82) is 0 Å². The van der Waals surface area contributed by atoms with Crippen molar-refractivity contribution in [1.82, 2.24) is 4.31 Å². The number of rotatable bonds is 4. The van der Waals surface area contributed by atoms with Crippen molar-refractivity contribution in [3.63, 3.8) is 0 Å². The highest BCUT2D eigenvalue weighted by Crippen LogP contribution is 2.28. The number of nitrogens with zero attached hydrogens (tertiary/aromatic N) is 1. The van der Waals surface area contributed by atoms with Crippen molar-refractivity contribution in [2.45, 2.75) is 44.6 Å². The number of carbonyl (C=O) groups is 2. The second kappa shape index (κ2) is 7.15. The first-order valence-corrected chi connectivity index (χ1v) is 10.2. The quantitative estimate of drug-likeness (QED) is 0.876. The SMILES string of the molecule is Cc1ccc(S(=O)(=O)N2C(=O)CCC2C(=O)Nc2cc(C)cc(C)c2)cc1. The summed E-state index contributed by atoms with van der Waals surface area (Å²) in [4.78, 5) is 25.1. The molecule has 27 heavy (non-hydrogen) atoms. The number of carbonyl (C=O) groups excluding carboxylic acids is 2. The fourth-order valence-corrected chi connectivity index (χ4v) is 4.90. The maximum Gasteiger partial charge on any atom is 0.267 e. The molecule has 2 aromatic carbocycles. The summed E-state index contributed by atoms with van der Waals surface area (Å²) in [6, 6.07) is 10.8. The maximum atomic E-state index is 13.0. The van der Waals surface area contributed by atoms with E-state index in [1.165, 1.54) is 12.1 Å². The summed E-state index contributed by atoms with van der Waals surface area (Å²) in [7, 11) is -4.08. The average Bonchev–Trinajstić information content (AvgIpc) is 2.97. The molecule has 0 saturated carbocycles. The molecule has 1 atom stereocenters. The highest BCUT2D eigenvalue weighted by molar-refractivity contribution is 7.89. The topological polar surface area (TPSA) is 83.6 Å². The molecule has 1 saturated heterocycles. The van der Waals surface area contributed by atoms with Gasteiger partial charge in [-0.3, -0.25) is 9.59 Å². The van der Waals surface area contributed by atoms with E-state index in [2.05, 4.69) is 5.32 Å². The van der Waals surface area contributed by atoms with E-state index in [0.29, 0.717) is 5.69 Å². The number of aryl methyl sites for hydroxylation is 3. The molecule has 0 bridgehead atoms. The van der Waals surface area contributed by atoms with Gasteiger partial charge in [-0.15, -0.1) is 0 Å². The van der Waals surface area contributed by atoms with E-state index in [0.717, 1.165) is 21.0 Å². The first-order chi connectivity index (χ1) is 12.7. The van der Waals surface area contributed by atoms with E-state index in [9.17, 15) is 18.0 Å². The second-order valence-corrected chi connectivity index (χ2v) is 8.74. The minimum atomic E-state index is -4.08. The highest BCUT2D eigenvalue weighted by atomic mass is 32.2. The maximum absolute atomic E-state index is 13.0. The summed E-state index contributed by atoms with van der Waals surface area (Å²) >= 11 is 0. The van der Waals surface area contributed by atoms with Gasteiger partial charge in [0.2, 0.25) is 11.8 Å². The zero-order valence-corrected chi connectivity index (χ0v) is 16.3. The van der Waals surface area contributed by atoms with Crippen LogP contribution in [0.2, 0.25) is 0 Å². The van der Waals surface area contributed by atoms with Gasteiger partial charge >= 0.3 is 0 Å². The fourth-order valence-electron chi connectivity index (χ4n) is 3.30. The molecule has 0 spiro atoms. The van der Waals surface area contributed by atoms with Gasteiger partial charge in [-0.1, -0.05) is 23.8 Å². The number of sulfonamides is 1. The molecular formula is C20H22N2O4S. The smallest absolute Gasteiger partial charge is 0.267 e. The summed E-state index contributed by atoms with van der Waals surface area (Å²) in [5.41, 5.74) is 3.46. The van der Waals surface area contributed by atoms with Gasteiger partial charge < -0.3 is 5.32 Å². The van der Waals surface area contributed by atoms with Gasteiger partial charge in [-0.05, 0) is 62.6 Å². The third-order valence-electron chi connectivity index (χ3n) is 4.53. The number of hydrogen-bond donors (Lipinski definition) is 1. The Kier molecular flexibility index (Phi) is 5.06. The molecule has 1 heterocycles. The fraction of sp³-hybridized carbons (Fsp3) is 0.300. The van der Waals surface area contributed by atoms with Crippen LogP contribution in [0, 0.1) is 20.8 Å². The third-order valence-corrected chi connectivity index (χ3v) is 6.37. The molecule has 0 aromatic heterocycles. The molecule has 6 nitrogen and oxygen atoms in total. The molecule has 3 rings (SSSR count). The van der Waals surface area contributed by atoms with Gasteiger partial charge in [0, 0.05) is 12.1 Å². The van der Waals surface area contributed by atoms with Crippen molar-refractivity contribution in [3.05, 3.63) is 59.2 Å². The van der Waals surface area contributed by atoms with Gasteiger partial charge in [-0.25, -0.2) is 12.7 Å². The van der Waals surface area contributed by atoms with Crippen LogP contribution in [0.15, 0.2) is 47.4 Å². The van der Waals surface area contributed by atoms with Crippen LogP contribution < -0.4 is 5.32 Å². The molecule has 2 aromatic rings. The van der Waals surface area contributed by atoms with Crippen molar-refractivity contribution in [2.24, 2.45) is 0 Å². The molecule has 142 valence electrons. The standard InChI is InChI=1S/C20H22N2O4S/c1-13-4-6-17(7-5-13)27(25,26)22-18(8-9-19(22)23)20(24)21-16-11-14(2)10-15(3)12-16/h4-7,10-12,18H,8-9H2,1-3H3,(H,21,24). The lowest BCUT2D eigenvalue weighted by Gasteiger charge is -2.24. The van der Waals surface area contributed by atoms with E-state index in [1.807, 2.05) is 26.8 Å². The van der Waals surface area contributed by atoms with Gasteiger partial charge in [0.05, 0.1) is 4.90 Å². The number of benzene rings is 2. The van der Waals surface area contributed by atoms with E-state index in [-0.39, 0.29) is 17.7 Å². The molecule has 7 heteroatoms. The lowest BCUT2D eigenvalue weighted by atomic mass is 10.1. The molecule has 1 fully saturated rings. The van der Waals surface area contributed by atoms with Crippen molar-refractivity contribution < 1.29 is 18.0 Å². The van der Waals surface area contributed by atoms with E-state index < -0.39 is 27.9 Å².